The number of imidazole rings is 6. The van der Waals surface area contributed by atoms with E-state index in [1.54, 1.807) is 12.1 Å². The minimum absolute atomic E-state index is 0.222. The quantitative estimate of drug-likeness (QED) is 0.181. The van der Waals surface area contributed by atoms with Crippen LogP contribution in [-0.2, 0) is 0 Å². The van der Waals surface area contributed by atoms with E-state index in [1.807, 2.05) is 18.2 Å². The molecule has 0 aliphatic heterocycles. The summed E-state index contributed by atoms with van der Waals surface area (Å²) >= 11 is 0. The van der Waals surface area contributed by atoms with Gasteiger partial charge in [0.1, 0.15) is 0 Å². The molecule has 0 atom stereocenters. The molecule has 6 aromatic heterocycles. The first kappa shape index (κ1) is 27.9. The Morgan fingerprint density at radius 3 is 1.00 bits per heavy atom. The molecule has 0 bridgehead atoms. The number of benzene rings is 7. The Hall–Kier alpha value is -7.65. The highest BCUT2D eigenvalue weighted by Crippen LogP contribution is 2.37. The summed E-state index contributed by atoms with van der Waals surface area (Å²) < 4.78 is 38.4. The van der Waals surface area contributed by atoms with Crippen molar-refractivity contribution in [2.24, 2.45) is 0 Å². The van der Waals surface area contributed by atoms with Gasteiger partial charge in [0.2, 0.25) is 17.3 Å². The van der Waals surface area contributed by atoms with Crippen LogP contribution < -0.4 is 0 Å². The zero-order chi connectivity index (χ0) is 40.2. The molecule has 0 spiro atoms. The lowest BCUT2D eigenvalue weighted by atomic mass is 10.2. The van der Waals surface area contributed by atoms with Gasteiger partial charge in [0, 0.05) is 4.11 Å². The Bertz CT molecular complexity index is 3810. The Kier molecular flexibility index (Phi) is 5.26. The van der Waals surface area contributed by atoms with Gasteiger partial charge in [-0.05, 0) is 110 Å². The molecule has 0 fully saturated rings. The zero-order valence-corrected chi connectivity index (χ0v) is 30.9. The molecule has 0 aliphatic rings. The predicted octanol–water partition coefficient (Wildman–Crippen LogP) is 10.8. The lowest BCUT2D eigenvalue weighted by Crippen LogP contribution is -2.04. The van der Waals surface area contributed by atoms with E-state index >= 15 is 0 Å². The first-order valence-electron chi connectivity index (χ1n) is 20.6. The Balaban J connectivity index is 1.21. The SMILES string of the molecule is [2H]C([2H])([2H])c1cccc2c1nc1n(-c3cc(-n4c5ccccc5n5c6cccc(C)c6nc45)cc(-n4c5ccccc5n5c6cccc(C)c6nc45)c3)c3ccccc3n21. The molecule has 0 saturated heterocycles. The molecule has 0 saturated carbocycles. The van der Waals surface area contributed by atoms with Gasteiger partial charge in [-0.3, -0.25) is 26.9 Å². The van der Waals surface area contributed by atoms with Crippen molar-refractivity contribution in [2.75, 3.05) is 0 Å². The lowest BCUT2D eigenvalue weighted by Gasteiger charge is -2.15. The Labute approximate surface area is 328 Å². The van der Waals surface area contributed by atoms with E-state index < -0.39 is 6.85 Å². The summed E-state index contributed by atoms with van der Waals surface area (Å²) in [5.41, 5.74) is 16.2. The molecule has 270 valence electrons. The average Bonchev–Trinajstić information content (AvgIpc) is 4.08. The van der Waals surface area contributed by atoms with Gasteiger partial charge in [0.15, 0.2) is 0 Å². The molecule has 7 aromatic carbocycles. The third-order valence-electron chi connectivity index (χ3n) is 11.8. The molecule has 0 aliphatic carbocycles. The Morgan fingerprint density at radius 2 is 0.649 bits per heavy atom. The lowest BCUT2D eigenvalue weighted by molar-refractivity contribution is 1.05. The van der Waals surface area contributed by atoms with Crippen molar-refractivity contribution >= 4 is 83.5 Å². The summed E-state index contributed by atoms with van der Waals surface area (Å²) in [5, 5.41) is 0. The number of para-hydroxylation sites is 9. The van der Waals surface area contributed by atoms with Crippen LogP contribution in [0.15, 0.2) is 146 Å². The van der Waals surface area contributed by atoms with Crippen LogP contribution >= 0.6 is 0 Å². The second-order valence-corrected chi connectivity index (χ2v) is 15.0. The number of nitrogens with zero attached hydrogens (tertiary/aromatic N) is 9. The molecular weight excluding hydrogens is 703 g/mol. The molecule has 0 N–H and O–H groups in total. The molecule has 0 amide bonds. The number of aryl methyl sites for hydroxylation is 3. The first-order chi connectivity index (χ1) is 29.2. The van der Waals surface area contributed by atoms with E-state index in [9.17, 15) is 0 Å². The molecule has 13 aromatic rings. The van der Waals surface area contributed by atoms with E-state index in [-0.39, 0.29) is 5.56 Å². The second-order valence-electron chi connectivity index (χ2n) is 15.0. The van der Waals surface area contributed by atoms with Gasteiger partial charge in [0.25, 0.3) is 0 Å². The first-order valence-corrected chi connectivity index (χ1v) is 19.1. The van der Waals surface area contributed by atoms with Crippen LogP contribution in [0.25, 0.3) is 101 Å². The summed E-state index contributed by atoms with van der Waals surface area (Å²) in [6.07, 6.45) is 0. The van der Waals surface area contributed by atoms with Crippen molar-refractivity contribution in [3.05, 3.63) is 162 Å². The smallest absolute Gasteiger partial charge is 0.220 e. The summed E-state index contributed by atoms with van der Waals surface area (Å²) in [7, 11) is 0. The maximum absolute atomic E-state index is 8.41. The van der Waals surface area contributed by atoms with Crippen molar-refractivity contribution in [1.29, 1.82) is 0 Å². The molecule has 6 heterocycles. The van der Waals surface area contributed by atoms with E-state index in [0.29, 0.717) is 11.3 Å². The highest BCUT2D eigenvalue weighted by Gasteiger charge is 2.24. The highest BCUT2D eigenvalue weighted by molar-refractivity contribution is 5.97. The number of fused-ring (bicyclic) bond motifs is 15. The zero-order valence-electron chi connectivity index (χ0n) is 33.9. The van der Waals surface area contributed by atoms with Crippen molar-refractivity contribution in [1.82, 2.24) is 41.9 Å². The number of rotatable bonds is 3. The summed E-state index contributed by atoms with van der Waals surface area (Å²) in [6, 6.07) is 49.7. The van der Waals surface area contributed by atoms with Gasteiger partial charge in [-0.25, -0.2) is 15.0 Å². The third kappa shape index (κ3) is 3.89. The predicted molar refractivity (Wildman–Crippen MR) is 230 cm³/mol. The van der Waals surface area contributed by atoms with Gasteiger partial charge >= 0.3 is 0 Å². The summed E-state index contributed by atoms with van der Waals surface area (Å²) in [5.74, 6) is 2.20. The van der Waals surface area contributed by atoms with Gasteiger partial charge in [-0.15, -0.1) is 0 Å². The van der Waals surface area contributed by atoms with E-state index in [2.05, 4.69) is 156 Å². The Morgan fingerprint density at radius 1 is 0.351 bits per heavy atom. The topological polar surface area (TPSA) is 66.7 Å². The maximum atomic E-state index is 8.41. The summed E-state index contributed by atoms with van der Waals surface area (Å²) in [4.78, 5) is 15.9. The van der Waals surface area contributed by atoms with Gasteiger partial charge in [0.05, 0.1) is 83.3 Å². The number of hydrogen-bond donors (Lipinski definition) is 0. The second kappa shape index (κ2) is 10.8. The van der Waals surface area contributed by atoms with Crippen LogP contribution in [0, 0.1) is 20.7 Å². The maximum Gasteiger partial charge on any atom is 0.220 e. The van der Waals surface area contributed by atoms with E-state index in [0.717, 1.165) is 100 Å². The molecule has 9 nitrogen and oxygen atoms in total. The third-order valence-corrected chi connectivity index (χ3v) is 11.8. The van der Waals surface area contributed by atoms with Crippen molar-refractivity contribution in [3.8, 4) is 17.1 Å². The molecule has 0 radical (unpaired) electrons. The van der Waals surface area contributed by atoms with E-state index in [1.165, 1.54) is 0 Å². The molecule has 0 unspecified atom stereocenters. The van der Waals surface area contributed by atoms with Gasteiger partial charge in [-0.1, -0.05) is 72.8 Å². The number of aromatic nitrogens is 9. The standard InChI is InChI=1S/C48H33N9/c1-28-13-10-22-40-43(28)49-46-52(34-16-4-7-19-37(34)55(40)46)31-25-32(53-35-17-5-8-20-38(35)56-41-23-11-14-29(2)44(41)50-47(53)56)27-33(26-31)54-36-18-6-9-21-39(36)57-42-24-12-15-30(3)45(42)51-48(54)57/h4-27H,1-3H3/i1D3. The fourth-order valence-corrected chi connectivity index (χ4v) is 9.28. The van der Waals surface area contributed by atoms with Crippen LogP contribution in [0.5, 0.6) is 0 Å². The molecule has 13 rings (SSSR count). The van der Waals surface area contributed by atoms with Crippen molar-refractivity contribution in [2.45, 2.75) is 20.7 Å². The molecular formula is C48H33N9. The van der Waals surface area contributed by atoms with Crippen LogP contribution in [0.1, 0.15) is 20.8 Å². The molecule has 9 heteroatoms. The van der Waals surface area contributed by atoms with Crippen LogP contribution in [0.2, 0.25) is 0 Å². The normalized spacial score (nSPS) is 13.5. The average molecular weight is 739 g/mol. The highest BCUT2D eigenvalue weighted by atomic mass is 15.2. The van der Waals surface area contributed by atoms with Crippen LogP contribution in [0.3, 0.4) is 0 Å². The molecule has 57 heavy (non-hydrogen) atoms. The fourth-order valence-electron chi connectivity index (χ4n) is 9.28. The largest absolute Gasteiger partial charge is 0.278 e. The summed E-state index contributed by atoms with van der Waals surface area (Å²) in [6.45, 7) is 1.87. The minimum atomic E-state index is -2.34. The monoisotopic (exact) mass is 738 g/mol. The number of hydrogen-bond acceptors (Lipinski definition) is 3. The minimum Gasteiger partial charge on any atom is -0.278 e. The fraction of sp³-hybridized carbons (Fsp3) is 0.0625. The van der Waals surface area contributed by atoms with Crippen molar-refractivity contribution < 1.29 is 4.11 Å². The van der Waals surface area contributed by atoms with Gasteiger partial charge in [-0.2, -0.15) is 0 Å². The van der Waals surface area contributed by atoms with Crippen LogP contribution in [-0.4, -0.2) is 41.9 Å². The van der Waals surface area contributed by atoms with E-state index in [4.69, 9.17) is 19.1 Å². The van der Waals surface area contributed by atoms with Crippen molar-refractivity contribution in [3.63, 3.8) is 0 Å². The van der Waals surface area contributed by atoms with Gasteiger partial charge < -0.3 is 0 Å². The van der Waals surface area contributed by atoms with Crippen LogP contribution in [0.4, 0.5) is 0 Å².